The lowest BCUT2D eigenvalue weighted by molar-refractivity contribution is 0.0948. The van der Waals surface area contributed by atoms with Gasteiger partial charge in [0.15, 0.2) is 0 Å². The Hall–Kier alpha value is -1.43. The Morgan fingerprint density at radius 1 is 1.81 bits per heavy atom. The van der Waals surface area contributed by atoms with Crippen LogP contribution in [0.1, 0.15) is 10.5 Å². The smallest absolute Gasteiger partial charge is 0.271 e. The summed E-state index contributed by atoms with van der Waals surface area (Å²) in [7, 11) is 1.69. The van der Waals surface area contributed by atoms with Crippen LogP contribution in [0.4, 0.5) is 5.69 Å². The van der Waals surface area contributed by atoms with Crippen LogP contribution in [0.25, 0.3) is 0 Å². The number of nitrogens with zero attached hydrogens (tertiary/aromatic N) is 2. The van der Waals surface area contributed by atoms with Gasteiger partial charge in [-0.2, -0.15) is 16.9 Å². The van der Waals surface area contributed by atoms with E-state index in [2.05, 4.69) is 17.0 Å². The number of nitrogen functional groups attached to an aromatic ring is 1. The van der Waals surface area contributed by atoms with E-state index in [1.54, 1.807) is 18.8 Å². The number of rotatable bonds is 6. The highest BCUT2D eigenvalue weighted by Gasteiger charge is 2.13. The number of aromatic nitrogens is 2. The third-order valence-electron chi connectivity index (χ3n) is 1.95. The van der Waals surface area contributed by atoms with Crippen LogP contribution >= 0.6 is 11.8 Å². The Bertz CT molecular complexity index is 355. The number of hydrogen-bond acceptors (Lipinski definition) is 4. The summed E-state index contributed by atoms with van der Waals surface area (Å²) in [6.45, 7) is 4.23. The van der Waals surface area contributed by atoms with Crippen LogP contribution in [0.3, 0.4) is 0 Å². The second-order valence-corrected chi connectivity index (χ2v) is 4.34. The lowest BCUT2D eigenvalue weighted by atomic mass is 10.3. The van der Waals surface area contributed by atoms with E-state index in [0.717, 1.165) is 11.5 Å². The molecule has 1 rings (SSSR count). The molecule has 1 aromatic rings. The lowest BCUT2D eigenvalue weighted by Gasteiger charge is -2.05. The number of hydrogen-bond donors (Lipinski definition) is 2. The summed E-state index contributed by atoms with van der Waals surface area (Å²) in [6, 6.07) is 0. The molecular weight excluding hydrogens is 224 g/mol. The van der Waals surface area contributed by atoms with Gasteiger partial charge in [0.05, 0.1) is 11.9 Å². The number of nitrogens with two attached hydrogens (primary N) is 1. The molecule has 6 heteroatoms. The second kappa shape index (κ2) is 6.22. The summed E-state index contributed by atoms with van der Waals surface area (Å²) in [5.41, 5.74) is 6.44. The zero-order chi connectivity index (χ0) is 12.0. The molecule has 5 nitrogen and oxygen atoms in total. The van der Waals surface area contributed by atoms with Gasteiger partial charge in [-0.25, -0.2) is 0 Å². The van der Waals surface area contributed by atoms with Crippen LogP contribution in [0, 0.1) is 0 Å². The Balaban J connectivity index is 2.38. The molecule has 1 heterocycles. The highest BCUT2D eigenvalue weighted by molar-refractivity contribution is 7.99. The molecule has 88 valence electrons. The van der Waals surface area contributed by atoms with Gasteiger partial charge in [0.1, 0.15) is 5.69 Å². The van der Waals surface area contributed by atoms with Crippen LogP contribution in [0.5, 0.6) is 0 Å². The number of thioether (sulfide) groups is 1. The predicted molar refractivity (Wildman–Crippen MR) is 67.5 cm³/mol. The van der Waals surface area contributed by atoms with Gasteiger partial charge in [-0.05, 0) is 0 Å². The van der Waals surface area contributed by atoms with Crippen LogP contribution in [0.2, 0.25) is 0 Å². The van der Waals surface area contributed by atoms with Crippen molar-refractivity contribution in [3.8, 4) is 0 Å². The third kappa shape index (κ3) is 3.30. The molecule has 0 saturated heterocycles. The Morgan fingerprint density at radius 2 is 2.56 bits per heavy atom. The molecular formula is C10H16N4OS. The van der Waals surface area contributed by atoms with Crippen LogP contribution in [-0.2, 0) is 7.05 Å². The van der Waals surface area contributed by atoms with Crippen molar-refractivity contribution < 1.29 is 4.79 Å². The molecule has 1 amide bonds. The first kappa shape index (κ1) is 12.6. The molecule has 0 bridgehead atoms. The van der Waals surface area contributed by atoms with E-state index in [1.165, 1.54) is 10.9 Å². The first-order valence-electron chi connectivity index (χ1n) is 4.91. The van der Waals surface area contributed by atoms with Gasteiger partial charge in [-0.1, -0.05) is 6.08 Å². The summed E-state index contributed by atoms with van der Waals surface area (Å²) < 4.78 is 1.47. The zero-order valence-corrected chi connectivity index (χ0v) is 10.1. The SMILES string of the molecule is C=CCSCCNC(=O)c1c(N)cnn1C. The summed E-state index contributed by atoms with van der Waals surface area (Å²) in [6.07, 6.45) is 3.31. The van der Waals surface area contributed by atoms with E-state index in [9.17, 15) is 4.79 Å². The average molecular weight is 240 g/mol. The van der Waals surface area contributed by atoms with E-state index in [4.69, 9.17) is 5.73 Å². The molecule has 1 aromatic heterocycles. The normalized spacial score (nSPS) is 10.1. The summed E-state index contributed by atoms with van der Waals surface area (Å²) in [5, 5.41) is 6.70. The lowest BCUT2D eigenvalue weighted by Crippen LogP contribution is -2.28. The van der Waals surface area contributed by atoms with Crippen molar-refractivity contribution in [3.05, 3.63) is 24.5 Å². The Labute approximate surface area is 99.1 Å². The number of carbonyl (C=O) groups excluding carboxylic acids is 1. The van der Waals surface area contributed by atoms with E-state index < -0.39 is 0 Å². The van der Waals surface area contributed by atoms with Crippen molar-refractivity contribution in [2.24, 2.45) is 7.05 Å². The summed E-state index contributed by atoms with van der Waals surface area (Å²) in [5.74, 6) is 1.57. The number of carbonyl (C=O) groups is 1. The molecule has 0 aromatic carbocycles. The van der Waals surface area contributed by atoms with Gasteiger partial charge in [-0.15, -0.1) is 6.58 Å². The molecule has 0 spiro atoms. The monoisotopic (exact) mass is 240 g/mol. The maximum absolute atomic E-state index is 11.7. The van der Waals surface area contributed by atoms with Crippen molar-refractivity contribution in [2.45, 2.75) is 0 Å². The molecule has 0 fully saturated rings. The van der Waals surface area contributed by atoms with Crippen molar-refractivity contribution >= 4 is 23.4 Å². The quantitative estimate of drug-likeness (QED) is 0.565. The molecule has 3 N–H and O–H groups in total. The molecule has 0 atom stereocenters. The van der Waals surface area contributed by atoms with E-state index in [0.29, 0.717) is 17.9 Å². The van der Waals surface area contributed by atoms with Gasteiger partial charge in [0, 0.05) is 25.1 Å². The van der Waals surface area contributed by atoms with Crippen molar-refractivity contribution in [3.63, 3.8) is 0 Å². The summed E-state index contributed by atoms with van der Waals surface area (Å²) in [4.78, 5) is 11.7. The number of nitrogens with one attached hydrogen (secondary N) is 1. The van der Waals surface area contributed by atoms with Crippen LogP contribution in [-0.4, -0.2) is 33.7 Å². The second-order valence-electron chi connectivity index (χ2n) is 3.19. The van der Waals surface area contributed by atoms with Crippen LogP contribution < -0.4 is 11.1 Å². The maximum atomic E-state index is 11.7. The molecule has 0 unspecified atom stereocenters. The average Bonchev–Trinajstić information content (AvgIpc) is 2.58. The Kier molecular flexibility index (Phi) is 4.91. The topological polar surface area (TPSA) is 72.9 Å². The minimum atomic E-state index is -0.184. The van der Waals surface area contributed by atoms with Gasteiger partial charge in [0.2, 0.25) is 0 Å². The molecule has 0 aliphatic rings. The van der Waals surface area contributed by atoms with Crippen molar-refractivity contribution in [2.75, 3.05) is 23.8 Å². The van der Waals surface area contributed by atoms with Crippen LogP contribution in [0.15, 0.2) is 18.9 Å². The van der Waals surface area contributed by atoms with E-state index >= 15 is 0 Å². The van der Waals surface area contributed by atoms with E-state index in [-0.39, 0.29) is 5.91 Å². The standard InChI is InChI=1S/C10H16N4OS/c1-3-5-16-6-4-12-10(15)9-8(11)7-13-14(9)2/h3,7H,1,4-6,11H2,2H3,(H,12,15). The van der Waals surface area contributed by atoms with Crippen molar-refractivity contribution in [1.29, 1.82) is 0 Å². The Morgan fingerprint density at radius 3 is 3.12 bits per heavy atom. The highest BCUT2D eigenvalue weighted by Crippen LogP contribution is 2.08. The van der Waals surface area contributed by atoms with Gasteiger partial charge < -0.3 is 11.1 Å². The fourth-order valence-corrected chi connectivity index (χ4v) is 1.80. The van der Waals surface area contributed by atoms with Gasteiger partial charge in [0.25, 0.3) is 5.91 Å². The fraction of sp³-hybridized carbons (Fsp3) is 0.400. The minimum absolute atomic E-state index is 0.184. The third-order valence-corrected chi connectivity index (χ3v) is 2.91. The first-order valence-corrected chi connectivity index (χ1v) is 6.06. The molecule has 0 radical (unpaired) electrons. The molecule has 16 heavy (non-hydrogen) atoms. The first-order chi connectivity index (χ1) is 7.66. The highest BCUT2D eigenvalue weighted by atomic mass is 32.2. The molecule has 0 aliphatic heterocycles. The summed E-state index contributed by atoms with van der Waals surface area (Å²) >= 11 is 1.71. The maximum Gasteiger partial charge on any atom is 0.271 e. The van der Waals surface area contributed by atoms with Gasteiger partial charge >= 0.3 is 0 Å². The van der Waals surface area contributed by atoms with E-state index in [1.807, 2.05) is 6.08 Å². The molecule has 0 saturated carbocycles. The number of amides is 1. The fourth-order valence-electron chi connectivity index (χ4n) is 1.22. The zero-order valence-electron chi connectivity index (χ0n) is 9.27. The minimum Gasteiger partial charge on any atom is -0.396 e. The number of anilines is 1. The van der Waals surface area contributed by atoms with Gasteiger partial charge in [-0.3, -0.25) is 9.48 Å². The van der Waals surface area contributed by atoms with Crippen molar-refractivity contribution in [1.82, 2.24) is 15.1 Å². The molecule has 0 aliphatic carbocycles. The predicted octanol–water partition coefficient (Wildman–Crippen LogP) is 0.651. The number of aryl methyl sites for hydroxylation is 1. The largest absolute Gasteiger partial charge is 0.396 e.